The first kappa shape index (κ1) is 19.8. The van der Waals surface area contributed by atoms with E-state index in [1.54, 1.807) is 47.7 Å². The van der Waals surface area contributed by atoms with E-state index in [4.69, 9.17) is 0 Å². The first-order valence-electron chi connectivity index (χ1n) is 9.13. The number of hydrogen-bond donors (Lipinski definition) is 3. The summed E-state index contributed by atoms with van der Waals surface area (Å²) in [4.78, 5) is 30.0. The molecule has 0 saturated heterocycles. The standard InChI is InChI=1S/C22H18N4O2S2/c1-14-19(30-21(23-14)15-10-11-29-13-15)20(27)24-17-8-5-9-18(12-17)26-22(28)25-16-6-3-2-4-7-16/h2-13H,1H3,(H,24,27)(H2,25,26,28). The Morgan fingerprint density at radius 1 is 0.867 bits per heavy atom. The highest BCUT2D eigenvalue weighted by molar-refractivity contribution is 7.17. The van der Waals surface area contributed by atoms with Crippen molar-refractivity contribution in [2.45, 2.75) is 6.92 Å². The Morgan fingerprint density at radius 2 is 1.57 bits per heavy atom. The van der Waals surface area contributed by atoms with Gasteiger partial charge < -0.3 is 16.0 Å². The number of nitrogens with zero attached hydrogens (tertiary/aromatic N) is 1. The monoisotopic (exact) mass is 434 g/mol. The van der Waals surface area contributed by atoms with Gasteiger partial charge in [0, 0.05) is 28.0 Å². The predicted octanol–water partition coefficient (Wildman–Crippen LogP) is 6.08. The number of nitrogens with one attached hydrogen (secondary N) is 3. The first-order valence-corrected chi connectivity index (χ1v) is 10.9. The lowest BCUT2D eigenvalue weighted by molar-refractivity contribution is 0.103. The predicted molar refractivity (Wildman–Crippen MR) is 124 cm³/mol. The fourth-order valence-electron chi connectivity index (χ4n) is 2.79. The molecule has 0 spiro atoms. The van der Waals surface area contributed by atoms with Crippen LogP contribution in [0, 0.1) is 6.92 Å². The fraction of sp³-hybridized carbons (Fsp3) is 0.0455. The van der Waals surface area contributed by atoms with Crippen LogP contribution in [0.15, 0.2) is 71.4 Å². The lowest BCUT2D eigenvalue weighted by atomic mass is 10.2. The average Bonchev–Trinajstić information content (AvgIpc) is 3.38. The minimum Gasteiger partial charge on any atom is -0.321 e. The molecule has 3 N–H and O–H groups in total. The zero-order chi connectivity index (χ0) is 20.9. The van der Waals surface area contributed by atoms with Gasteiger partial charge in [0.25, 0.3) is 5.91 Å². The summed E-state index contributed by atoms with van der Waals surface area (Å²) in [6.07, 6.45) is 0. The molecule has 2 aromatic heterocycles. The highest BCUT2D eigenvalue weighted by Gasteiger charge is 2.17. The molecule has 2 aromatic carbocycles. The summed E-state index contributed by atoms with van der Waals surface area (Å²) in [5, 5.41) is 13.2. The van der Waals surface area contributed by atoms with Crippen LogP contribution in [-0.2, 0) is 0 Å². The first-order chi connectivity index (χ1) is 14.6. The zero-order valence-electron chi connectivity index (χ0n) is 16.0. The molecule has 0 radical (unpaired) electrons. The van der Waals surface area contributed by atoms with Gasteiger partial charge in [-0.05, 0) is 48.7 Å². The van der Waals surface area contributed by atoms with Gasteiger partial charge in [0.05, 0.1) is 5.69 Å². The Balaban J connectivity index is 1.43. The van der Waals surface area contributed by atoms with Crippen molar-refractivity contribution in [3.63, 3.8) is 0 Å². The molecule has 0 fully saturated rings. The summed E-state index contributed by atoms with van der Waals surface area (Å²) in [6.45, 7) is 1.83. The number of para-hydroxylation sites is 1. The summed E-state index contributed by atoms with van der Waals surface area (Å²) < 4.78 is 0. The minimum absolute atomic E-state index is 0.225. The summed E-state index contributed by atoms with van der Waals surface area (Å²) in [5.41, 5.74) is 3.56. The van der Waals surface area contributed by atoms with E-state index in [2.05, 4.69) is 20.9 Å². The van der Waals surface area contributed by atoms with Crippen LogP contribution < -0.4 is 16.0 Å². The molecule has 0 aliphatic carbocycles. The highest BCUT2D eigenvalue weighted by Crippen LogP contribution is 2.30. The Hall–Kier alpha value is -3.49. The topological polar surface area (TPSA) is 83.1 Å². The van der Waals surface area contributed by atoms with Crippen LogP contribution in [0.4, 0.5) is 21.9 Å². The van der Waals surface area contributed by atoms with Crippen LogP contribution in [0.25, 0.3) is 10.6 Å². The summed E-state index contributed by atoms with van der Waals surface area (Å²) >= 11 is 2.96. The van der Waals surface area contributed by atoms with Gasteiger partial charge >= 0.3 is 6.03 Å². The second-order valence-corrected chi connectivity index (χ2v) is 8.20. The van der Waals surface area contributed by atoms with E-state index >= 15 is 0 Å². The normalized spacial score (nSPS) is 10.4. The number of thiophene rings is 1. The molecule has 0 atom stereocenters. The third-order valence-electron chi connectivity index (χ3n) is 4.18. The quantitative estimate of drug-likeness (QED) is 0.356. The molecule has 2 heterocycles. The van der Waals surface area contributed by atoms with Gasteiger partial charge in [-0.15, -0.1) is 11.3 Å². The Bertz CT molecular complexity index is 1170. The molecule has 6 nitrogen and oxygen atoms in total. The second-order valence-electron chi connectivity index (χ2n) is 6.43. The molecular formula is C22H18N4O2S2. The number of aryl methyl sites for hydroxylation is 1. The van der Waals surface area contributed by atoms with Gasteiger partial charge in [-0.1, -0.05) is 24.3 Å². The smallest absolute Gasteiger partial charge is 0.321 e. The van der Waals surface area contributed by atoms with Crippen LogP contribution in [0.2, 0.25) is 0 Å². The van der Waals surface area contributed by atoms with Crippen LogP contribution in [0.1, 0.15) is 15.4 Å². The van der Waals surface area contributed by atoms with Gasteiger partial charge in [-0.25, -0.2) is 9.78 Å². The van der Waals surface area contributed by atoms with E-state index < -0.39 is 0 Å². The van der Waals surface area contributed by atoms with E-state index in [9.17, 15) is 9.59 Å². The zero-order valence-corrected chi connectivity index (χ0v) is 17.6. The molecule has 0 bridgehead atoms. The lowest BCUT2D eigenvalue weighted by Crippen LogP contribution is -2.19. The third kappa shape index (κ3) is 4.73. The molecule has 30 heavy (non-hydrogen) atoms. The average molecular weight is 435 g/mol. The van der Waals surface area contributed by atoms with Crippen molar-refractivity contribution >= 4 is 51.7 Å². The van der Waals surface area contributed by atoms with Crippen molar-refractivity contribution in [2.24, 2.45) is 0 Å². The maximum absolute atomic E-state index is 12.8. The second kappa shape index (κ2) is 8.89. The Labute approximate surface area is 181 Å². The maximum Gasteiger partial charge on any atom is 0.323 e. The Morgan fingerprint density at radius 3 is 2.30 bits per heavy atom. The molecule has 0 aliphatic rings. The largest absolute Gasteiger partial charge is 0.323 e. The molecule has 150 valence electrons. The highest BCUT2D eigenvalue weighted by atomic mass is 32.1. The number of anilines is 3. The van der Waals surface area contributed by atoms with E-state index in [0.29, 0.717) is 27.6 Å². The van der Waals surface area contributed by atoms with E-state index in [-0.39, 0.29) is 11.9 Å². The number of hydrogen-bond acceptors (Lipinski definition) is 5. The summed E-state index contributed by atoms with van der Waals surface area (Å²) in [5.74, 6) is -0.225. The van der Waals surface area contributed by atoms with Crippen LogP contribution in [-0.4, -0.2) is 16.9 Å². The van der Waals surface area contributed by atoms with Gasteiger partial charge in [0.1, 0.15) is 9.88 Å². The number of carbonyl (C=O) groups is 2. The molecule has 4 rings (SSSR count). The van der Waals surface area contributed by atoms with Gasteiger partial charge in [-0.3, -0.25) is 4.79 Å². The van der Waals surface area contributed by atoms with E-state index in [1.807, 2.05) is 41.9 Å². The molecule has 8 heteroatoms. The van der Waals surface area contributed by atoms with Crippen molar-refractivity contribution in [1.82, 2.24) is 4.98 Å². The molecular weight excluding hydrogens is 416 g/mol. The number of carbonyl (C=O) groups excluding carboxylic acids is 2. The van der Waals surface area contributed by atoms with Crippen molar-refractivity contribution in [3.8, 4) is 10.6 Å². The van der Waals surface area contributed by atoms with Gasteiger partial charge in [0.2, 0.25) is 0 Å². The fourth-order valence-corrected chi connectivity index (χ4v) is 4.47. The third-order valence-corrected chi connectivity index (χ3v) is 6.07. The van der Waals surface area contributed by atoms with Crippen LogP contribution in [0.5, 0.6) is 0 Å². The number of benzene rings is 2. The molecule has 0 aliphatic heterocycles. The van der Waals surface area contributed by atoms with Crippen LogP contribution >= 0.6 is 22.7 Å². The summed E-state index contributed by atoms with van der Waals surface area (Å²) in [7, 11) is 0. The molecule has 3 amide bonds. The van der Waals surface area contributed by atoms with E-state index in [0.717, 1.165) is 10.6 Å². The number of thiazole rings is 1. The van der Waals surface area contributed by atoms with Crippen molar-refractivity contribution < 1.29 is 9.59 Å². The minimum atomic E-state index is -0.358. The lowest BCUT2D eigenvalue weighted by Gasteiger charge is -2.09. The van der Waals surface area contributed by atoms with Crippen molar-refractivity contribution in [2.75, 3.05) is 16.0 Å². The van der Waals surface area contributed by atoms with Crippen molar-refractivity contribution in [3.05, 3.63) is 82.0 Å². The van der Waals surface area contributed by atoms with Crippen molar-refractivity contribution in [1.29, 1.82) is 0 Å². The van der Waals surface area contributed by atoms with E-state index in [1.165, 1.54) is 11.3 Å². The number of urea groups is 1. The number of aromatic nitrogens is 1. The van der Waals surface area contributed by atoms with Gasteiger partial charge in [0.15, 0.2) is 0 Å². The molecule has 0 saturated carbocycles. The summed E-state index contributed by atoms with van der Waals surface area (Å²) in [6, 6.07) is 17.8. The molecule has 4 aromatic rings. The molecule has 0 unspecified atom stereocenters. The van der Waals surface area contributed by atoms with Crippen LogP contribution in [0.3, 0.4) is 0 Å². The SMILES string of the molecule is Cc1nc(-c2ccsc2)sc1C(=O)Nc1cccc(NC(=O)Nc2ccccc2)c1. The number of rotatable bonds is 5. The maximum atomic E-state index is 12.8. The number of amides is 3. The van der Waals surface area contributed by atoms with Gasteiger partial charge in [-0.2, -0.15) is 11.3 Å². The Kier molecular flexibility index (Phi) is 5.87.